The van der Waals surface area contributed by atoms with Gasteiger partial charge in [-0.2, -0.15) is 0 Å². The summed E-state index contributed by atoms with van der Waals surface area (Å²) in [5, 5.41) is 0.570. The molecule has 138 valence electrons. The molecule has 1 amide bonds. The molecule has 2 aromatic rings. The molecule has 3 heterocycles. The SMILES string of the molecule is O=C(NS(=O)(=O)Cc1ccccn1)C1CCN(c2ccc(Cl)cn2)CC1. The molecule has 9 heteroatoms. The van der Waals surface area contributed by atoms with E-state index < -0.39 is 15.9 Å². The number of piperidine rings is 1. The number of aromatic nitrogens is 2. The summed E-state index contributed by atoms with van der Waals surface area (Å²) in [6.07, 6.45) is 4.23. The molecule has 2 aromatic heterocycles. The van der Waals surface area contributed by atoms with E-state index >= 15 is 0 Å². The molecule has 0 unspecified atom stereocenters. The van der Waals surface area contributed by atoms with Gasteiger partial charge in [0.1, 0.15) is 11.6 Å². The van der Waals surface area contributed by atoms with Gasteiger partial charge in [-0.3, -0.25) is 14.5 Å². The molecule has 1 aliphatic heterocycles. The number of hydrogen-bond acceptors (Lipinski definition) is 6. The Kier molecular flexibility index (Phi) is 5.73. The standard InChI is InChI=1S/C17H19ClN4O3S/c18-14-4-5-16(20-11-14)22-9-6-13(7-10-22)17(23)21-26(24,25)12-15-3-1-2-8-19-15/h1-5,8,11,13H,6-7,9-10,12H2,(H,21,23). The van der Waals surface area contributed by atoms with Gasteiger partial charge in [-0.25, -0.2) is 13.4 Å². The molecule has 0 aromatic carbocycles. The molecular formula is C17H19ClN4O3S. The molecule has 3 rings (SSSR count). The first-order chi connectivity index (χ1) is 12.4. The zero-order valence-corrected chi connectivity index (χ0v) is 15.6. The maximum Gasteiger partial charge on any atom is 0.240 e. The molecule has 26 heavy (non-hydrogen) atoms. The number of carbonyl (C=O) groups excluding carboxylic acids is 1. The summed E-state index contributed by atoms with van der Waals surface area (Å²) >= 11 is 5.84. The van der Waals surface area contributed by atoms with Crippen LogP contribution in [0.2, 0.25) is 5.02 Å². The summed E-state index contributed by atoms with van der Waals surface area (Å²) in [6.45, 7) is 1.26. The fraction of sp³-hybridized carbons (Fsp3) is 0.353. The zero-order chi connectivity index (χ0) is 18.6. The Bertz CT molecular complexity index is 851. The van der Waals surface area contributed by atoms with Crippen molar-refractivity contribution in [3.8, 4) is 0 Å². The number of amides is 1. The summed E-state index contributed by atoms with van der Waals surface area (Å²) in [4.78, 5) is 22.6. The van der Waals surface area contributed by atoms with E-state index in [2.05, 4.69) is 19.6 Å². The molecule has 1 N–H and O–H groups in total. The van der Waals surface area contributed by atoms with Crippen molar-refractivity contribution in [3.63, 3.8) is 0 Å². The van der Waals surface area contributed by atoms with Crippen LogP contribution in [0.5, 0.6) is 0 Å². The number of anilines is 1. The van der Waals surface area contributed by atoms with Crippen LogP contribution in [0.25, 0.3) is 0 Å². The number of nitrogens with zero attached hydrogens (tertiary/aromatic N) is 3. The Balaban J connectivity index is 1.54. The third kappa shape index (κ3) is 4.92. The first-order valence-corrected chi connectivity index (χ1v) is 10.3. The summed E-state index contributed by atoms with van der Waals surface area (Å²) in [6, 6.07) is 8.63. The molecule has 1 fully saturated rings. The van der Waals surface area contributed by atoms with Crippen LogP contribution in [0.15, 0.2) is 42.7 Å². The average Bonchev–Trinajstić information content (AvgIpc) is 2.62. The minimum atomic E-state index is -3.76. The molecule has 1 saturated heterocycles. The van der Waals surface area contributed by atoms with Gasteiger partial charge in [0.15, 0.2) is 0 Å². The van der Waals surface area contributed by atoms with Gasteiger partial charge in [-0.1, -0.05) is 17.7 Å². The summed E-state index contributed by atoms with van der Waals surface area (Å²) in [5.41, 5.74) is 0.399. The van der Waals surface area contributed by atoms with Crippen LogP contribution >= 0.6 is 11.6 Å². The van der Waals surface area contributed by atoms with Gasteiger partial charge in [0.2, 0.25) is 15.9 Å². The number of rotatable bonds is 5. The van der Waals surface area contributed by atoms with Gasteiger partial charge in [0.05, 0.1) is 10.7 Å². The predicted octanol–water partition coefficient (Wildman–Crippen LogP) is 1.99. The van der Waals surface area contributed by atoms with Crippen LogP contribution in [0.4, 0.5) is 5.82 Å². The van der Waals surface area contributed by atoms with Crippen molar-refractivity contribution in [1.29, 1.82) is 0 Å². The number of nitrogens with one attached hydrogen (secondary N) is 1. The third-order valence-electron chi connectivity index (χ3n) is 4.22. The molecule has 0 aliphatic carbocycles. The highest BCUT2D eigenvalue weighted by Gasteiger charge is 2.28. The quantitative estimate of drug-likeness (QED) is 0.833. The summed E-state index contributed by atoms with van der Waals surface area (Å²) in [7, 11) is -3.76. The zero-order valence-electron chi connectivity index (χ0n) is 14.0. The molecular weight excluding hydrogens is 376 g/mol. The Morgan fingerprint density at radius 2 is 1.96 bits per heavy atom. The fourth-order valence-corrected chi connectivity index (χ4v) is 4.09. The second kappa shape index (κ2) is 8.01. The van der Waals surface area contributed by atoms with Gasteiger partial charge < -0.3 is 4.90 Å². The van der Waals surface area contributed by atoms with Gasteiger partial charge in [-0.15, -0.1) is 0 Å². The van der Waals surface area contributed by atoms with Crippen LogP contribution in [-0.2, 0) is 20.6 Å². The maximum atomic E-state index is 12.3. The van der Waals surface area contributed by atoms with Crippen LogP contribution in [0.3, 0.4) is 0 Å². The summed E-state index contributed by atoms with van der Waals surface area (Å²) in [5.74, 6) is -0.301. The fourth-order valence-electron chi connectivity index (χ4n) is 2.88. The van der Waals surface area contributed by atoms with E-state index in [4.69, 9.17) is 11.6 Å². The first-order valence-electron chi connectivity index (χ1n) is 8.24. The molecule has 0 bridgehead atoms. The lowest BCUT2D eigenvalue weighted by Crippen LogP contribution is -2.42. The van der Waals surface area contributed by atoms with Gasteiger partial charge in [-0.05, 0) is 37.1 Å². The van der Waals surface area contributed by atoms with Crippen molar-refractivity contribution < 1.29 is 13.2 Å². The number of hydrogen-bond donors (Lipinski definition) is 1. The lowest BCUT2D eigenvalue weighted by atomic mass is 9.96. The van der Waals surface area contributed by atoms with E-state index in [0.29, 0.717) is 36.6 Å². The molecule has 0 radical (unpaired) electrons. The molecule has 7 nitrogen and oxygen atoms in total. The first kappa shape index (κ1) is 18.6. The normalized spacial score (nSPS) is 15.7. The molecule has 0 saturated carbocycles. The Hall–Kier alpha value is -2.19. The van der Waals surface area contributed by atoms with Crippen molar-refractivity contribution in [2.75, 3.05) is 18.0 Å². The van der Waals surface area contributed by atoms with Crippen molar-refractivity contribution in [1.82, 2.24) is 14.7 Å². The second-order valence-corrected chi connectivity index (χ2v) is 8.30. The van der Waals surface area contributed by atoms with Gasteiger partial charge in [0.25, 0.3) is 0 Å². The molecule has 0 atom stereocenters. The Morgan fingerprint density at radius 3 is 2.58 bits per heavy atom. The topological polar surface area (TPSA) is 92.3 Å². The smallest absolute Gasteiger partial charge is 0.240 e. The van der Waals surface area contributed by atoms with Crippen LogP contribution in [0, 0.1) is 5.92 Å². The van der Waals surface area contributed by atoms with E-state index in [9.17, 15) is 13.2 Å². The predicted molar refractivity (Wildman–Crippen MR) is 99.2 cm³/mol. The number of halogens is 1. The second-order valence-electron chi connectivity index (χ2n) is 6.14. The Labute approximate surface area is 157 Å². The number of carbonyl (C=O) groups is 1. The Morgan fingerprint density at radius 1 is 1.19 bits per heavy atom. The number of sulfonamides is 1. The van der Waals surface area contributed by atoms with Gasteiger partial charge in [0, 0.05) is 31.4 Å². The van der Waals surface area contributed by atoms with E-state index in [0.717, 1.165) is 5.82 Å². The van der Waals surface area contributed by atoms with Crippen LogP contribution < -0.4 is 9.62 Å². The minimum absolute atomic E-state index is 0.312. The molecule has 0 spiro atoms. The summed E-state index contributed by atoms with van der Waals surface area (Å²) < 4.78 is 26.5. The van der Waals surface area contributed by atoms with Crippen molar-refractivity contribution in [3.05, 3.63) is 53.4 Å². The number of pyridine rings is 2. The minimum Gasteiger partial charge on any atom is -0.357 e. The van der Waals surface area contributed by atoms with Gasteiger partial charge >= 0.3 is 0 Å². The van der Waals surface area contributed by atoms with E-state index in [1.807, 2.05) is 6.07 Å². The highest BCUT2D eigenvalue weighted by molar-refractivity contribution is 7.89. The van der Waals surface area contributed by atoms with Crippen LogP contribution in [0.1, 0.15) is 18.5 Å². The van der Waals surface area contributed by atoms with Crippen molar-refractivity contribution in [2.45, 2.75) is 18.6 Å². The van der Waals surface area contributed by atoms with E-state index in [-0.39, 0.29) is 11.7 Å². The average molecular weight is 395 g/mol. The van der Waals surface area contributed by atoms with E-state index in [1.54, 1.807) is 30.5 Å². The monoisotopic (exact) mass is 394 g/mol. The highest BCUT2D eigenvalue weighted by Crippen LogP contribution is 2.23. The lowest BCUT2D eigenvalue weighted by Gasteiger charge is -2.32. The van der Waals surface area contributed by atoms with Crippen molar-refractivity contribution >= 4 is 33.3 Å². The van der Waals surface area contributed by atoms with Crippen molar-refractivity contribution in [2.24, 2.45) is 5.92 Å². The van der Waals surface area contributed by atoms with E-state index in [1.165, 1.54) is 6.20 Å². The highest BCUT2D eigenvalue weighted by atomic mass is 35.5. The lowest BCUT2D eigenvalue weighted by molar-refractivity contribution is -0.123. The van der Waals surface area contributed by atoms with Crippen LogP contribution in [-0.4, -0.2) is 37.4 Å². The third-order valence-corrected chi connectivity index (χ3v) is 5.63. The molecule has 1 aliphatic rings. The largest absolute Gasteiger partial charge is 0.357 e. The maximum absolute atomic E-state index is 12.3.